The number of hydrogen-bond acceptors (Lipinski definition) is 4. The van der Waals surface area contributed by atoms with Crippen LogP contribution in [0.5, 0.6) is 11.5 Å². The van der Waals surface area contributed by atoms with Crippen molar-refractivity contribution in [2.75, 3.05) is 19.5 Å². The number of ether oxygens (including phenoxy) is 2. The molecule has 24 heavy (non-hydrogen) atoms. The lowest BCUT2D eigenvalue weighted by Gasteiger charge is -2.13. The number of rotatable bonds is 5. The number of primary amides is 1. The van der Waals surface area contributed by atoms with E-state index in [1.165, 1.54) is 14.2 Å². The van der Waals surface area contributed by atoms with Crippen molar-refractivity contribution in [2.45, 2.75) is 6.92 Å². The Bertz CT molecular complexity index is 805. The minimum absolute atomic E-state index is 0.320. The summed E-state index contributed by atoms with van der Waals surface area (Å²) in [7, 11) is 3.04. The van der Waals surface area contributed by atoms with Gasteiger partial charge in [-0.1, -0.05) is 6.07 Å². The summed E-state index contributed by atoms with van der Waals surface area (Å²) >= 11 is 2.05. The van der Waals surface area contributed by atoms with E-state index in [4.69, 9.17) is 15.2 Å². The van der Waals surface area contributed by atoms with Gasteiger partial charge in [-0.15, -0.1) is 0 Å². The fraction of sp³-hybridized carbons (Fsp3) is 0.176. The first-order valence-electron chi connectivity index (χ1n) is 7.00. The highest BCUT2D eigenvalue weighted by molar-refractivity contribution is 14.1. The second kappa shape index (κ2) is 7.52. The molecule has 0 saturated heterocycles. The summed E-state index contributed by atoms with van der Waals surface area (Å²) in [6.45, 7) is 1.78. The number of anilines is 1. The number of carbonyl (C=O) groups is 2. The zero-order valence-corrected chi connectivity index (χ0v) is 15.6. The Morgan fingerprint density at radius 2 is 1.67 bits per heavy atom. The average molecular weight is 440 g/mol. The first-order valence-corrected chi connectivity index (χ1v) is 8.08. The van der Waals surface area contributed by atoms with Crippen LogP contribution in [0.4, 0.5) is 5.69 Å². The third-order valence-corrected chi connectivity index (χ3v) is 4.37. The van der Waals surface area contributed by atoms with Crippen LogP contribution in [0.3, 0.4) is 0 Å². The van der Waals surface area contributed by atoms with Gasteiger partial charge in [0.2, 0.25) is 5.91 Å². The van der Waals surface area contributed by atoms with Crippen molar-refractivity contribution in [1.82, 2.24) is 0 Å². The maximum absolute atomic E-state index is 12.5. The van der Waals surface area contributed by atoms with E-state index in [9.17, 15) is 9.59 Å². The molecule has 0 aliphatic carbocycles. The van der Waals surface area contributed by atoms with Crippen LogP contribution in [0, 0.1) is 10.5 Å². The summed E-state index contributed by atoms with van der Waals surface area (Å²) < 4.78 is 11.2. The third kappa shape index (κ3) is 3.78. The molecule has 7 heteroatoms. The molecule has 3 N–H and O–H groups in total. The van der Waals surface area contributed by atoms with Crippen molar-refractivity contribution in [3.63, 3.8) is 0 Å². The molecule has 0 aliphatic heterocycles. The van der Waals surface area contributed by atoms with Gasteiger partial charge in [0, 0.05) is 14.8 Å². The van der Waals surface area contributed by atoms with E-state index in [1.807, 2.05) is 0 Å². The fourth-order valence-corrected chi connectivity index (χ4v) is 2.88. The Morgan fingerprint density at radius 1 is 1.04 bits per heavy atom. The quantitative estimate of drug-likeness (QED) is 0.700. The number of carbonyl (C=O) groups excluding carboxylic acids is 2. The molecule has 2 amide bonds. The first kappa shape index (κ1) is 18.1. The van der Waals surface area contributed by atoms with Crippen molar-refractivity contribution in [1.29, 1.82) is 0 Å². The predicted molar refractivity (Wildman–Crippen MR) is 99.9 cm³/mol. The average Bonchev–Trinajstić information content (AvgIpc) is 2.55. The number of hydrogen-bond donors (Lipinski definition) is 2. The number of benzene rings is 2. The number of nitrogens with one attached hydrogen (secondary N) is 1. The van der Waals surface area contributed by atoms with Crippen molar-refractivity contribution in [3.8, 4) is 11.5 Å². The largest absolute Gasteiger partial charge is 0.493 e. The summed E-state index contributed by atoms with van der Waals surface area (Å²) in [4.78, 5) is 24.0. The zero-order chi connectivity index (χ0) is 17.9. The zero-order valence-electron chi connectivity index (χ0n) is 13.5. The Kier molecular flexibility index (Phi) is 5.66. The van der Waals surface area contributed by atoms with Crippen LogP contribution in [0.1, 0.15) is 26.3 Å². The maximum Gasteiger partial charge on any atom is 0.256 e. The molecule has 0 atom stereocenters. The molecule has 2 aromatic carbocycles. The molecular formula is C17H17IN2O4. The molecule has 0 unspecified atom stereocenters. The van der Waals surface area contributed by atoms with Gasteiger partial charge in [0.25, 0.3) is 5.91 Å². The van der Waals surface area contributed by atoms with Gasteiger partial charge in [-0.05, 0) is 59.3 Å². The van der Waals surface area contributed by atoms with Crippen molar-refractivity contribution in [2.24, 2.45) is 5.73 Å². The lowest BCUT2D eigenvalue weighted by Crippen LogP contribution is -2.16. The summed E-state index contributed by atoms with van der Waals surface area (Å²) in [5, 5.41) is 2.76. The molecule has 0 fully saturated rings. The van der Waals surface area contributed by atoms with Gasteiger partial charge in [0.15, 0.2) is 11.5 Å². The van der Waals surface area contributed by atoms with Crippen LogP contribution in [0.2, 0.25) is 0 Å². The highest BCUT2D eigenvalue weighted by Gasteiger charge is 2.16. The summed E-state index contributed by atoms with van der Waals surface area (Å²) in [5.74, 6) is 0.151. The van der Waals surface area contributed by atoms with Crippen molar-refractivity contribution >= 4 is 40.1 Å². The Hall–Kier alpha value is -2.29. The highest BCUT2D eigenvalue weighted by atomic mass is 127. The molecule has 0 aromatic heterocycles. The van der Waals surface area contributed by atoms with Crippen LogP contribution in [0.15, 0.2) is 30.3 Å². The van der Waals surface area contributed by atoms with E-state index in [1.54, 1.807) is 37.3 Å². The minimum Gasteiger partial charge on any atom is -0.493 e. The van der Waals surface area contributed by atoms with Gasteiger partial charge in [0.05, 0.1) is 19.8 Å². The molecule has 2 aromatic rings. The SMILES string of the molecule is COc1cc(I)c(C(=O)Nc2ccc(C)c(C(N)=O)c2)cc1OC. The van der Waals surface area contributed by atoms with Crippen LogP contribution in [-0.4, -0.2) is 26.0 Å². The monoisotopic (exact) mass is 440 g/mol. The topological polar surface area (TPSA) is 90.6 Å². The van der Waals surface area contributed by atoms with Crippen molar-refractivity contribution in [3.05, 3.63) is 50.6 Å². The van der Waals surface area contributed by atoms with Gasteiger partial charge in [-0.25, -0.2) is 0 Å². The standard InChI is InChI=1S/C17H17IN2O4/c1-9-4-5-10(6-11(9)16(19)21)20-17(22)12-7-14(23-2)15(24-3)8-13(12)18/h4-8H,1-3H3,(H2,19,21)(H,20,22). The molecule has 0 radical (unpaired) electrons. The minimum atomic E-state index is -0.538. The van der Waals surface area contributed by atoms with E-state index < -0.39 is 5.91 Å². The summed E-state index contributed by atoms with van der Waals surface area (Å²) in [6, 6.07) is 8.34. The number of nitrogens with two attached hydrogens (primary N) is 1. The maximum atomic E-state index is 12.5. The second-order valence-corrected chi connectivity index (χ2v) is 6.20. The summed E-state index contributed by atoms with van der Waals surface area (Å²) in [6.07, 6.45) is 0. The van der Waals surface area contributed by atoms with Crippen LogP contribution >= 0.6 is 22.6 Å². The molecule has 6 nitrogen and oxygen atoms in total. The molecule has 0 saturated carbocycles. The van der Waals surface area contributed by atoms with E-state index in [0.717, 1.165) is 5.56 Å². The lowest BCUT2D eigenvalue weighted by molar-refractivity contribution is 0.0995. The molecule has 0 spiro atoms. The van der Waals surface area contributed by atoms with E-state index in [0.29, 0.717) is 31.9 Å². The van der Waals surface area contributed by atoms with Gasteiger partial charge >= 0.3 is 0 Å². The Balaban J connectivity index is 2.33. The third-order valence-electron chi connectivity index (χ3n) is 3.48. The van der Waals surface area contributed by atoms with Crippen LogP contribution in [-0.2, 0) is 0 Å². The molecule has 0 aliphatic rings. The highest BCUT2D eigenvalue weighted by Crippen LogP contribution is 2.31. The molecule has 126 valence electrons. The van der Waals surface area contributed by atoms with E-state index in [2.05, 4.69) is 27.9 Å². The fourth-order valence-electron chi connectivity index (χ4n) is 2.19. The summed E-state index contributed by atoms with van der Waals surface area (Å²) in [5.41, 5.74) is 7.39. The Morgan fingerprint density at radius 3 is 2.25 bits per heavy atom. The smallest absolute Gasteiger partial charge is 0.256 e. The number of halogens is 1. The van der Waals surface area contributed by atoms with Crippen molar-refractivity contribution < 1.29 is 19.1 Å². The normalized spacial score (nSPS) is 10.2. The molecule has 2 rings (SSSR count). The van der Waals surface area contributed by atoms with Gasteiger partial charge < -0.3 is 20.5 Å². The number of amides is 2. The second-order valence-electron chi connectivity index (χ2n) is 5.04. The number of methoxy groups -OCH3 is 2. The van der Waals surface area contributed by atoms with Gasteiger partial charge in [0.1, 0.15) is 0 Å². The molecular weight excluding hydrogens is 423 g/mol. The van der Waals surface area contributed by atoms with Gasteiger partial charge in [-0.2, -0.15) is 0 Å². The number of aryl methyl sites for hydroxylation is 1. The van der Waals surface area contributed by atoms with Gasteiger partial charge in [-0.3, -0.25) is 9.59 Å². The Labute approximate surface area is 153 Å². The molecule has 0 bridgehead atoms. The van der Waals surface area contributed by atoms with Crippen LogP contribution < -0.4 is 20.5 Å². The van der Waals surface area contributed by atoms with E-state index in [-0.39, 0.29) is 5.91 Å². The van der Waals surface area contributed by atoms with Crippen LogP contribution in [0.25, 0.3) is 0 Å². The first-order chi connectivity index (χ1) is 11.4. The van der Waals surface area contributed by atoms with E-state index >= 15 is 0 Å². The molecule has 0 heterocycles. The lowest BCUT2D eigenvalue weighted by atomic mass is 10.1. The predicted octanol–water partition coefficient (Wildman–Crippen LogP) is 2.97.